The minimum atomic E-state index is -4.98. The third-order valence-electron chi connectivity index (χ3n) is 3.59. The highest BCUT2D eigenvalue weighted by Crippen LogP contribution is 2.38. The third-order valence-corrected chi connectivity index (χ3v) is 3.59. The van der Waals surface area contributed by atoms with E-state index in [4.69, 9.17) is 5.26 Å². The summed E-state index contributed by atoms with van der Waals surface area (Å²) in [6, 6.07) is 9.61. The lowest BCUT2D eigenvalue weighted by Crippen LogP contribution is -2.51. The lowest BCUT2D eigenvalue weighted by Gasteiger charge is -2.31. The Labute approximate surface area is 135 Å². The maximum atomic E-state index is 13.3. The number of carbonyl (C=O) groups excluding carboxylic acids is 1. The highest BCUT2D eigenvalue weighted by molar-refractivity contribution is 5.93. The molecule has 1 unspecified atom stereocenters. The number of alkyl halides is 3. The third kappa shape index (κ3) is 3.26. The number of carbonyl (C=O) groups is 1. The van der Waals surface area contributed by atoms with Crippen molar-refractivity contribution in [2.45, 2.75) is 11.8 Å². The van der Waals surface area contributed by atoms with E-state index >= 15 is 0 Å². The van der Waals surface area contributed by atoms with Crippen molar-refractivity contribution in [1.82, 2.24) is 9.88 Å². The van der Waals surface area contributed by atoms with Gasteiger partial charge in [0.1, 0.15) is 11.8 Å². The standard InChI is InChI=1S/C16H14F3N3O2/c1-22-9-11(8-20)7-13(22)14(23)21-10-15(24,16(17,18)19)12-5-3-2-4-6-12/h2-7,9,24H,10H2,1H3,(H,21,23). The smallest absolute Gasteiger partial charge is 0.375 e. The molecule has 0 bridgehead atoms. The predicted molar refractivity (Wildman–Crippen MR) is 78.9 cm³/mol. The van der Waals surface area contributed by atoms with Crippen LogP contribution in [0.2, 0.25) is 0 Å². The van der Waals surface area contributed by atoms with Gasteiger partial charge in [-0.15, -0.1) is 0 Å². The van der Waals surface area contributed by atoms with Gasteiger partial charge in [-0.2, -0.15) is 18.4 Å². The quantitative estimate of drug-likeness (QED) is 0.897. The lowest BCUT2D eigenvalue weighted by atomic mass is 9.93. The summed E-state index contributed by atoms with van der Waals surface area (Å²) in [6.45, 7) is -1.05. The molecular weight excluding hydrogens is 323 g/mol. The number of halogens is 3. The maximum absolute atomic E-state index is 13.3. The second-order valence-corrected chi connectivity index (χ2v) is 5.24. The largest absolute Gasteiger partial charge is 0.423 e. The Morgan fingerprint density at radius 1 is 1.33 bits per heavy atom. The Morgan fingerprint density at radius 2 is 1.96 bits per heavy atom. The van der Waals surface area contributed by atoms with Gasteiger partial charge in [0, 0.05) is 13.2 Å². The van der Waals surface area contributed by atoms with Crippen LogP contribution in [0.15, 0.2) is 42.6 Å². The van der Waals surface area contributed by atoms with E-state index in [1.54, 1.807) is 0 Å². The summed E-state index contributed by atoms with van der Waals surface area (Å²) >= 11 is 0. The molecule has 2 rings (SSSR count). The van der Waals surface area contributed by atoms with Gasteiger partial charge in [-0.05, 0) is 11.6 Å². The Bertz CT molecular complexity index is 778. The van der Waals surface area contributed by atoms with Gasteiger partial charge in [0.25, 0.3) is 5.91 Å². The molecule has 24 heavy (non-hydrogen) atoms. The molecule has 0 aliphatic heterocycles. The number of aromatic nitrogens is 1. The fraction of sp³-hybridized carbons (Fsp3) is 0.250. The summed E-state index contributed by atoms with van der Waals surface area (Å²) in [5, 5.41) is 21.0. The number of rotatable bonds is 4. The van der Waals surface area contributed by atoms with Gasteiger partial charge in [-0.25, -0.2) is 0 Å². The second kappa shape index (κ2) is 6.37. The fourth-order valence-corrected chi connectivity index (χ4v) is 2.23. The maximum Gasteiger partial charge on any atom is 0.423 e. The number of nitriles is 1. The zero-order valence-electron chi connectivity index (χ0n) is 12.6. The van der Waals surface area contributed by atoms with Gasteiger partial charge < -0.3 is 15.0 Å². The highest BCUT2D eigenvalue weighted by Gasteiger charge is 2.55. The molecule has 0 fully saturated rings. The molecule has 0 saturated heterocycles. The summed E-state index contributed by atoms with van der Waals surface area (Å²) in [7, 11) is 1.49. The predicted octanol–water partition coefficient (Wildman–Crippen LogP) is 2.08. The summed E-state index contributed by atoms with van der Waals surface area (Å²) in [6.07, 6.45) is -3.60. The van der Waals surface area contributed by atoms with E-state index in [1.165, 1.54) is 42.1 Å². The number of amides is 1. The molecule has 1 heterocycles. The van der Waals surface area contributed by atoms with Crippen LogP contribution in [0.3, 0.4) is 0 Å². The SMILES string of the molecule is Cn1cc(C#N)cc1C(=O)NCC(O)(c1ccccc1)C(F)(F)F. The van der Waals surface area contributed by atoms with E-state index in [0.29, 0.717) is 0 Å². The van der Waals surface area contributed by atoms with Crippen molar-refractivity contribution >= 4 is 5.91 Å². The van der Waals surface area contributed by atoms with Crippen molar-refractivity contribution in [3.8, 4) is 6.07 Å². The summed E-state index contributed by atoms with van der Waals surface area (Å²) < 4.78 is 41.3. The molecule has 0 radical (unpaired) electrons. The van der Waals surface area contributed by atoms with Crippen molar-refractivity contribution in [2.75, 3.05) is 6.54 Å². The zero-order valence-corrected chi connectivity index (χ0v) is 12.6. The zero-order chi connectivity index (χ0) is 18.0. The molecule has 2 N–H and O–H groups in total. The van der Waals surface area contributed by atoms with E-state index < -0.39 is 24.2 Å². The Balaban J connectivity index is 2.24. The molecule has 0 aliphatic rings. The monoisotopic (exact) mass is 337 g/mol. The molecule has 5 nitrogen and oxygen atoms in total. The van der Waals surface area contributed by atoms with Crippen LogP contribution in [0.4, 0.5) is 13.2 Å². The van der Waals surface area contributed by atoms with Crippen molar-refractivity contribution in [2.24, 2.45) is 7.05 Å². The van der Waals surface area contributed by atoms with Crippen molar-refractivity contribution < 1.29 is 23.1 Å². The number of aliphatic hydroxyl groups is 1. The van der Waals surface area contributed by atoms with E-state index in [-0.39, 0.29) is 16.8 Å². The fourth-order valence-electron chi connectivity index (χ4n) is 2.23. The molecule has 1 aromatic carbocycles. The van der Waals surface area contributed by atoms with Crippen LogP contribution in [-0.2, 0) is 12.6 Å². The number of benzene rings is 1. The first-order valence-corrected chi connectivity index (χ1v) is 6.88. The Kier molecular flexibility index (Phi) is 4.66. The molecule has 1 atom stereocenters. The number of aryl methyl sites for hydroxylation is 1. The average Bonchev–Trinajstić information content (AvgIpc) is 2.93. The van der Waals surface area contributed by atoms with E-state index in [2.05, 4.69) is 5.32 Å². The summed E-state index contributed by atoms with van der Waals surface area (Å²) in [5.74, 6) is -0.822. The molecule has 0 aliphatic carbocycles. The number of hydrogen-bond donors (Lipinski definition) is 2. The molecular formula is C16H14F3N3O2. The molecule has 2 aromatic rings. The topological polar surface area (TPSA) is 78.0 Å². The number of nitrogens with one attached hydrogen (secondary N) is 1. The first-order chi connectivity index (χ1) is 11.2. The lowest BCUT2D eigenvalue weighted by molar-refractivity contribution is -0.263. The Morgan fingerprint density at radius 3 is 2.46 bits per heavy atom. The molecule has 1 amide bonds. The number of hydrogen-bond acceptors (Lipinski definition) is 3. The molecule has 126 valence electrons. The average molecular weight is 337 g/mol. The molecule has 8 heteroatoms. The highest BCUT2D eigenvalue weighted by atomic mass is 19.4. The van der Waals surface area contributed by atoms with Crippen LogP contribution >= 0.6 is 0 Å². The normalized spacial score (nSPS) is 13.8. The molecule has 1 aromatic heterocycles. The van der Waals surface area contributed by atoms with Gasteiger partial charge in [-0.3, -0.25) is 4.79 Å². The summed E-state index contributed by atoms with van der Waals surface area (Å²) in [5.41, 5.74) is -3.36. The second-order valence-electron chi connectivity index (χ2n) is 5.24. The minimum Gasteiger partial charge on any atom is -0.375 e. The molecule has 0 spiro atoms. The van der Waals surface area contributed by atoms with E-state index in [1.807, 2.05) is 6.07 Å². The van der Waals surface area contributed by atoms with Crippen LogP contribution in [0.25, 0.3) is 0 Å². The van der Waals surface area contributed by atoms with Gasteiger partial charge in [0.05, 0.1) is 12.1 Å². The van der Waals surface area contributed by atoms with Gasteiger partial charge >= 0.3 is 6.18 Å². The van der Waals surface area contributed by atoms with Gasteiger partial charge in [-0.1, -0.05) is 30.3 Å². The first kappa shape index (κ1) is 17.6. The van der Waals surface area contributed by atoms with Crippen LogP contribution in [0.5, 0.6) is 0 Å². The van der Waals surface area contributed by atoms with E-state index in [0.717, 1.165) is 12.1 Å². The molecule has 0 saturated carbocycles. The van der Waals surface area contributed by atoms with Crippen molar-refractivity contribution in [1.29, 1.82) is 5.26 Å². The Hall–Kier alpha value is -2.79. The van der Waals surface area contributed by atoms with Gasteiger partial charge in [0.2, 0.25) is 5.60 Å². The van der Waals surface area contributed by atoms with Crippen LogP contribution < -0.4 is 5.32 Å². The van der Waals surface area contributed by atoms with Crippen LogP contribution in [-0.4, -0.2) is 28.3 Å². The van der Waals surface area contributed by atoms with Crippen molar-refractivity contribution in [3.05, 3.63) is 59.4 Å². The van der Waals surface area contributed by atoms with E-state index in [9.17, 15) is 23.1 Å². The van der Waals surface area contributed by atoms with Crippen LogP contribution in [0, 0.1) is 11.3 Å². The van der Waals surface area contributed by atoms with Gasteiger partial charge in [0.15, 0.2) is 0 Å². The minimum absolute atomic E-state index is 0.0177. The van der Waals surface area contributed by atoms with Crippen molar-refractivity contribution in [3.63, 3.8) is 0 Å². The summed E-state index contributed by atoms with van der Waals surface area (Å²) in [4.78, 5) is 12.1. The number of nitrogens with zero attached hydrogens (tertiary/aromatic N) is 2. The van der Waals surface area contributed by atoms with Crippen LogP contribution in [0.1, 0.15) is 21.6 Å². The first-order valence-electron chi connectivity index (χ1n) is 6.88.